The van der Waals surface area contributed by atoms with Gasteiger partial charge in [0.25, 0.3) is 5.17 Å². The molecule has 0 unspecified atom stereocenters. The number of anilines is 1. The van der Waals surface area contributed by atoms with E-state index < -0.39 is 18.3 Å². The minimum absolute atomic E-state index is 0.153. The summed E-state index contributed by atoms with van der Waals surface area (Å²) < 4.78 is 50.8. The van der Waals surface area contributed by atoms with Gasteiger partial charge in [0, 0.05) is 5.56 Å². The highest BCUT2D eigenvalue weighted by Crippen LogP contribution is 2.37. The summed E-state index contributed by atoms with van der Waals surface area (Å²) in [6.45, 7) is 3.43. The molecule has 0 radical (unpaired) electrons. The van der Waals surface area contributed by atoms with Crippen molar-refractivity contribution in [3.05, 3.63) is 58.7 Å². The monoisotopic (exact) mass is 399 g/mol. The Morgan fingerprint density at radius 3 is 2.48 bits per heavy atom. The molecule has 4 nitrogen and oxygen atoms in total. The van der Waals surface area contributed by atoms with E-state index in [-0.39, 0.29) is 16.4 Å². The lowest BCUT2D eigenvalue weighted by atomic mass is 10.0. The van der Waals surface area contributed by atoms with Crippen LogP contribution in [-0.2, 0) is 23.9 Å². The summed E-state index contributed by atoms with van der Waals surface area (Å²) in [5.74, 6) is 0.467. The molecule has 0 bridgehead atoms. The van der Waals surface area contributed by atoms with E-state index in [0.717, 1.165) is 23.6 Å². The number of methoxy groups -OCH3 is 1. The van der Waals surface area contributed by atoms with Gasteiger partial charge in [0.15, 0.2) is 0 Å². The molecule has 2 aromatic carbocycles. The van der Waals surface area contributed by atoms with E-state index in [9.17, 15) is 18.4 Å². The SMILES string of the molecule is CCc1ccc(OCc2c(N(O)C(=S)OC)cccc2C(F)(F)F)c(C)c1. The molecule has 0 heterocycles. The summed E-state index contributed by atoms with van der Waals surface area (Å²) in [4.78, 5) is 0. The number of alkyl halides is 3. The number of hydrogen-bond acceptors (Lipinski definition) is 4. The van der Waals surface area contributed by atoms with Crippen molar-refractivity contribution in [3.8, 4) is 5.75 Å². The van der Waals surface area contributed by atoms with E-state index in [1.165, 1.54) is 19.2 Å². The van der Waals surface area contributed by atoms with Crippen LogP contribution in [0.25, 0.3) is 0 Å². The fraction of sp³-hybridized carbons (Fsp3) is 0.316. The van der Waals surface area contributed by atoms with Crippen LogP contribution in [0.5, 0.6) is 5.75 Å². The summed E-state index contributed by atoms with van der Waals surface area (Å²) in [6.07, 6.45) is -3.78. The Balaban J connectivity index is 2.42. The Hall–Kier alpha value is -2.32. The van der Waals surface area contributed by atoms with Gasteiger partial charge < -0.3 is 9.47 Å². The number of hydrogen-bond donors (Lipinski definition) is 1. The van der Waals surface area contributed by atoms with E-state index >= 15 is 0 Å². The molecule has 1 N–H and O–H groups in total. The lowest BCUT2D eigenvalue weighted by Crippen LogP contribution is -2.28. The molecule has 0 aliphatic carbocycles. The molecule has 8 heteroatoms. The van der Waals surface area contributed by atoms with Crippen molar-refractivity contribution in [1.82, 2.24) is 0 Å². The zero-order chi connectivity index (χ0) is 20.2. The van der Waals surface area contributed by atoms with Crippen LogP contribution in [0.1, 0.15) is 29.2 Å². The summed E-state index contributed by atoms with van der Waals surface area (Å²) in [7, 11) is 1.22. The maximum atomic E-state index is 13.5. The number of benzene rings is 2. The van der Waals surface area contributed by atoms with Crippen molar-refractivity contribution in [1.29, 1.82) is 0 Å². The smallest absolute Gasteiger partial charge is 0.416 e. The second-order valence-corrected chi connectivity index (χ2v) is 6.17. The van der Waals surface area contributed by atoms with Crippen LogP contribution in [0.3, 0.4) is 0 Å². The quantitative estimate of drug-likeness (QED) is 0.547. The molecule has 0 atom stereocenters. The van der Waals surface area contributed by atoms with E-state index in [2.05, 4.69) is 0 Å². The molecule has 146 valence electrons. The summed E-state index contributed by atoms with van der Waals surface area (Å²) in [5, 5.41) is 10.1. The first kappa shape index (κ1) is 21.0. The second-order valence-electron chi connectivity index (χ2n) is 5.82. The van der Waals surface area contributed by atoms with Gasteiger partial charge >= 0.3 is 6.18 Å². The first-order chi connectivity index (χ1) is 12.7. The number of aryl methyl sites for hydroxylation is 2. The number of ether oxygens (including phenoxy) is 2. The molecule has 0 saturated heterocycles. The molecule has 0 aliphatic heterocycles. The highest BCUT2D eigenvalue weighted by atomic mass is 32.1. The van der Waals surface area contributed by atoms with Gasteiger partial charge in [-0.3, -0.25) is 5.21 Å². The Kier molecular flexibility index (Phi) is 6.67. The molecule has 0 aromatic heterocycles. The van der Waals surface area contributed by atoms with Gasteiger partial charge in [-0.05, 0) is 54.9 Å². The van der Waals surface area contributed by atoms with Gasteiger partial charge in [-0.2, -0.15) is 18.2 Å². The molecule has 0 amide bonds. The van der Waals surface area contributed by atoms with Gasteiger partial charge in [-0.15, -0.1) is 0 Å². The topological polar surface area (TPSA) is 41.9 Å². The minimum Gasteiger partial charge on any atom is -0.489 e. The van der Waals surface area contributed by atoms with Crippen molar-refractivity contribution < 1.29 is 27.9 Å². The first-order valence-corrected chi connectivity index (χ1v) is 8.58. The summed E-state index contributed by atoms with van der Waals surface area (Å²) in [5.41, 5.74) is 0.600. The predicted molar refractivity (Wildman–Crippen MR) is 100 cm³/mol. The highest BCUT2D eigenvalue weighted by molar-refractivity contribution is 7.80. The average molecular weight is 399 g/mol. The van der Waals surface area contributed by atoms with Crippen molar-refractivity contribution in [3.63, 3.8) is 0 Å². The third-order valence-corrected chi connectivity index (χ3v) is 4.39. The van der Waals surface area contributed by atoms with E-state index in [4.69, 9.17) is 21.7 Å². The molecule has 2 rings (SSSR count). The summed E-state index contributed by atoms with van der Waals surface area (Å²) >= 11 is 4.81. The Bertz CT molecular complexity index is 824. The number of halogens is 3. The zero-order valence-electron chi connectivity index (χ0n) is 15.1. The zero-order valence-corrected chi connectivity index (χ0v) is 15.9. The molecular formula is C19H20F3NO3S. The molecule has 2 aromatic rings. The van der Waals surface area contributed by atoms with Crippen molar-refractivity contribution >= 4 is 23.1 Å². The Morgan fingerprint density at radius 2 is 1.93 bits per heavy atom. The maximum absolute atomic E-state index is 13.5. The van der Waals surface area contributed by atoms with Crippen molar-refractivity contribution in [2.75, 3.05) is 12.2 Å². The molecule has 0 spiro atoms. The van der Waals surface area contributed by atoms with Crippen LogP contribution >= 0.6 is 12.2 Å². The number of nitrogens with zero attached hydrogens (tertiary/aromatic N) is 1. The molecule has 27 heavy (non-hydrogen) atoms. The number of thiocarbonyl (C=S) groups is 1. The first-order valence-electron chi connectivity index (χ1n) is 8.17. The normalized spacial score (nSPS) is 11.2. The maximum Gasteiger partial charge on any atom is 0.416 e. The van der Waals surface area contributed by atoms with Gasteiger partial charge in [0.2, 0.25) is 0 Å². The lowest BCUT2D eigenvalue weighted by Gasteiger charge is -2.23. The largest absolute Gasteiger partial charge is 0.489 e. The van der Waals surface area contributed by atoms with Crippen molar-refractivity contribution in [2.24, 2.45) is 0 Å². The second kappa shape index (κ2) is 8.58. The van der Waals surface area contributed by atoms with Gasteiger partial charge in [-0.1, -0.05) is 25.1 Å². The lowest BCUT2D eigenvalue weighted by molar-refractivity contribution is -0.138. The standard InChI is InChI=1S/C19H20F3NO3S/c1-4-13-8-9-17(12(2)10-13)26-11-14-15(19(20,21)22)6-5-7-16(14)23(24)18(27)25-3/h5-10,24H,4,11H2,1-3H3. The highest BCUT2D eigenvalue weighted by Gasteiger charge is 2.35. The summed E-state index contributed by atoms with van der Waals surface area (Å²) in [6, 6.07) is 8.93. The van der Waals surface area contributed by atoms with Crippen LogP contribution in [0.2, 0.25) is 0 Å². The number of rotatable bonds is 5. The van der Waals surface area contributed by atoms with Gasteiger partial charge in [0.1, 0.15) is 12.4 Å². The fourth-order valence-corrected chi connectivity index (χ4v) is 2.72. The molecule has 0 fully saturated rings. The third kappa shape index (κ3) is 4.90. The van der Waals surface area contributed by atoms with E-state index in [1.807, 2.05) is 26.0 Å². The van der Waals surface area contributed by atoms with Crippen LogP contribution < -0.4 is 9.80 Å². The van der Waals surface area contributed by atoms with E-state index in [0.29, 0.717) is 10.8 Å². The minimum atomic E-state index is -4.62. The van der Waals surface area contributed by atoms with Crippen molar-refractivity contribution in [2.45, 2.75) is 33.1 Å². The van der Waals surface area contributed by atoms with Crippen LogP contribution in [0, 0.1) is 6.92 Å². The van der Waals surface area contributed by atoms with Crippen LogP contribution in [0.4, 0.5) is 18.9 Å². The number of hydroxylamine groups is 1. The average Bonchev–Trinajstić information content (AvgIpc) is 2.64. The predicted octanol–water partition coefficient (Wildman–Crippen LogP) is 5.28. The Labute approximate surface area is 161 Å². The molecular weight excluding hydrogens is 379 g/mol. The molecule has 0 aliphatic rings. The van der Waals surface area contributed by atoms with Crippen LogP contribution in [0.15, 0.2) is 36.4 Å². The van der Waals surface area contributed by atoms with E-state index in [1.54, 1.807) is 6.07 Å². The Morgan fingerprint density at radius 1 is 1.22 bits per heavy atom. The van der Waals surface area contributed by atoms with Gasteiger partial charge in [0.05, 0.1) is 18.4 Å². The van der Waals surface area contributed by atoms with Crippen LogP contribution in [-0.4, -0.2) is 17.5 Å². The fourth-order valence-electron chi connectivity index (χ4n) is 2.62. The third-order valence-electron chi connectivity index (χ3n) is 4.05. The molecule has 0 saturated carbocycles. The van der Waals surface area contributed by atoms with Gasteiger partial charge in [-0.25, -0.2) is 0 Å².